The lowest BCUT2D eigenvalue weighted by Gasteiger charge is -2.26. The van der Waals surface area contributed by atoms with Crippen molar-refractivity contribution in [3.63, 3.8) is 0 Å². The van der Waals surface area contributed by atoms with Gasteiger partial charge in [-0.3, -0.25) is 4.79 Å². The first kappa shape index (κ1) is 20.2. The minimum Gasteiger partial charge on any atom is -0.497 e. The number of para-hydroxylation sites is 1. The van der Waals surface area contributed by atoms with Crippen LogP contribution in [0.25, 0.3) is 0 Å². The number of rotatable bonds is 9. The molecule has 0 radical (unpaired) electrons. The molecule has 1 unspecified atom stereocenters. The molecule has 150 valence electrons. The second kappa shape index (κ2) is 10.1. The Morgan fingerprint density at radius 2 is 1.89 bits per heavy atom. The maximum atomic E-state index is 13.0. The van der Waals surface area contributed by atoms with Crippen LogP contribution >= 0.6 is 0 Å². The van der Waals surface area contributed by atoms with Crippen molar-refractivity contribution in [3.8, 4) is 11.5 Å². The zero-order chi connectivity index (χ0) is 19.8. The highest BCUT2D eigenvalue weighted by molar-refractivity contribution is 5.76. The molecule has 2 aromatic rings. The first-order chi connectivity index (χ1) is 13.7. The lowest BCUT2D eigenvalue weighted by Crippen LogP contribution is -2.37. The second-order valence-corrected chi connectivity index (χ2v) is 7.07. The third-order valence-corrected chi connectivity index (χ3v) is 5.14. The van der Waals surface area contributed by atoms with Crippen LogP contribution in [0.5, 0.6) is 11.5 Å². The fourth-order valence-electron chi connectivity index (χ4n) is 3.53. The molecular weight excluding hydrogens is 354 g/mol. The highest BCUT2D eigenvalue weighted by atomic mass is 16.5. The van der Waals surface area contributed by atoms with E-state index in [4.69, 9.17) is 14.2 Å². The Kier molecular flexibility index (Phi) is 7.31. The molecule has 1 heterocycles. The lowest BCUT2D eigenvalue weighted by atomic mass is 10.1. The van der Waals surface area contributed by atoms with E-state index in [0.29, 0.717) is 25.9 Å². The summed E-state index contributed by atoms with van der Waals surface area (Å²) in [6, 6.07) is 15.7. The third kappa shape index (κ3) is 5.49. The van der Waals surface area contributed by atoms with E-state index in [2.05, 4.69) is 0 Å². The Morgan fingerprint density at radius 1 is 1.11 bits per heavy atom. The van der Waals surface area contributed by atoms with E-state index in [1.54, 1.807) is 14.2 Å². The number of methoxy groups -OCH3 is 2. The summed E-state index contributed by atoms with van der Waals surface area (Å²) in [5.41, 5.74) is 2.14. The molecule has 0 N–H and O–H groups in total. The van der Waals surface area contributed by atoms with Gasteiger partial charge in [0.25, 0.3) is 0 Å². The van der Waals surface area contributed by atoms with Gasteiger partial charge in [0.2, 0.25) is 5.91 Å². The van der Waals surface area contributed by atoms with E-state index in [-0.39, 0.29) is 12.0 Å². The molecule has 0 aromatic heterocycles. The second-order valence-electron chi connectivity index (χ2n) is 7.07. The molecule has 0 bridgehead atoms. The fourth-order valence-corrected chi connectivity index (χ4v) is 3.53. The summed E-state index contributed by atoms with van der Waals surface area (Å²) < 4.78 is 16.4. The van der Waals surface area contributed by atoms with Gasteiger partial charge in [0.1, 0.15) is 11.5 Å². The SMILES string of the molecule is COc1ccc(CCC(=O)N(Cc2ccccc2OC)CC2CCCO2)cc1. The average molecular weight is 383 g/mol. The first-order valence-electron chi connectivity index (χ1n) is 9.84. The van der Waals surface area contributed by atoms with Crippen LogP contribution in [-0.2, 0) is 22.5 Å². The Hall–Kier alpha value is -2.53. The molecule has 2 aromatic carbocycles. The molecule has 5 nitrogen and oxygen atoms in total. The summed E-state index contributed by atoms with van der Waals surface area (Å²) in [6.45, 7) is 1.94. The minimum absolute atomic E-state index is 0.125. The summed E-state index contributed by atoms with van der Waals surface area (Å²) in [5.74, 6) is 1.77. The topological polar surface area (TPSA) is 48.0 Å². The molecule has 5 heteroatoms. The molecule has 28 heavy (non-hydrogen) atoms. The van der Waals surface area contributed by atoms with E-state index >= 15 is 0 Å². The molecular formula is C23H29NO4. The Labute approximate surface area is 167 Å². The molecule has 0 saturated carbocycles. The van der Waals surface area contributed by atoms with Crippen LogP contribution in [0, 0.1) is 0 Å². The van der Waals surface area contributed by atoms with Crippen LogP contribution < -0.4 is 9.47 Å². The Balaban J connectivity index is 1.66. The van der Waals surface area contributed by atoms with E-state index in [1.165, 1.54) is 0 Å². The van der Waals surface area contributed by atoms with E-state index in [0.717, 1.165) is 42.1 Å². The van der Waals surface area contributed by atoms with Crippen molar-refractivity contribution < 1.29 is 19.0 Å². The minimum atomic E-state index is 0.125. The van der Waals surface area contributed by atoms with Gasteiger partial charge in [0.05, 0.1) is 20.3 Å². The van der Waals surface area contributed by atoms with Crippen LogP contribution in [-0.4, -0.2) is 44.3 Å². The molecule has 1 saturated heterocycles. The van der Waals surface area contributed by atoms with Gasteiger partial charge in [-0.1, -0.05) is 30.3 Å². The number of amides is 1. The van der Waals surface area contributed by atoms with Gasteiger partial charge < -0.3 is 19.1 Å². The summed E-state index contributed by atoms with van der Waals surface area (Å²) in [4.78, 5) is 15.0. The highest BCUT2D eigenvalue weighted by Gasteiger charge is 2.23. The van der Waals surface area contributed by atoms with Crippen LogP contribution in [0.15, 0.2) is 48.5 Å². The maximum Gasteiger partial charge on any atom is 0.223 e. The molecule has 1 fully saturated rings. The zero-order valence-corrected chi connectivity index (χ0v) is 16.7. The van der Waals surface area contributed by atoms with Crippen molar-refractivity contribution in [1.82, 2.24) is 4.90 Å². The Bertz CT molecular complexity index is 753. The van der Waals surface area contributed by atoms with Gasteiger partial charge in [-0.15, -0.1) is 0 Å². The molecule has 1 atom stereocenters. The monoisotopic (exact) mass is 383 g/mol. The third-order valence-electron chi connectivity index (χ3n) is 5.14. The normalized spacial score (nSPS) is 16.0. The summed E-state index contributed by atoms with van der Waals surface area (Å²) in [6.07, 6.45) is 3.37. The van der Waals surface area contributed by atoms with E-state index in [1.807, 2.05) is 53.4 Å². The summed E-state index contributed by atoms with van der Waals surface area (Å²) in [5, 5.41) is 0. The van der Waals surface area contributed by atoms with Crippen molar-refractivity contribution in [2.75, 3.05) is 27.4 Å². The van der Waals surface area contributed by atoms with Gasteiger partial charge in [-0.25, -0.2) is 0 Å². The zero-order valence-electron chi connectivity index (χ0n) is 16.7. The van der Waals surface area contributed by atoms with Crippen molar-refractivity contribution >= 4 is 5.91 Å². The number of benzene rings is 2. The number of carbonyl (C=O) groups is 1. The number of aryl methyl sites for hydroxylation is 1. The van der Waals surface area contributed by atoms with Crippen molar-refractivity contribution in [3.05, 3.63) is 59.7 Å². The van der Waals surface area contributed by atoms with Gasteiger partial charge in [0, 0.05) is 31.7 Å². The lowest BCUT2D eigenvalue weighted by molar-refractivity contribution is -0.133. The number of hydrogen-bond donors (Lipinski definition) is 0. The number of hydrogen-bond acceptors (Lipinski definition) is 4. The predicted molar refractivity (Wildman–Crippen MR) is 109 cm³/mol. The number of ether oxygens (including phenoxy) is 3. The number of nitrogens with zero attached hydrogens (tertiary/aromatic N) is 1. The van der Waals surface area contributed by atoms with Crippen LogP contribution in [0.3, 0.4) is 0 Å². The number of carbonyl (C=O) groups excluding carboxylic acids is 1. The standard InChI is InChI=1S/C23H29NO4/c1-26-20-12-9-18(10-13-20)11-14-23(25)24(17-21-7-5-15-28-21)16-19-6-3-4-8-22(19)27-2/h3-4,6,8-10,12-13,21H,5,7,11,14-17H2,1-2H3. The molecule has 1 aliphatic heterocycles. The quantitative estimate of drug-likeness (QED) is 0.660. The molecule has 1 aliphatic rings. The molecule has 1 amide bonds. The maximum absolute atomic E-state index is 13.0. The van der Waals surface area contributed by atoms with Gasteiger partial charge in [-0.05, 0) is 43.0 Å². The average Bonchev–Trinajstić information content (AvgIpc) is 3.25. The van der Waals surface area contributed by atoms with E-state index < -0.39 is 0 Å². The van der Waals surface area contributed by atoms with Gasteiger partial charge in [0.15, 0.2) is 0 Å². The van der Waals surface area contributed by atoms with Gasteiger partial charge >= 0.3 is 0 Å². The van der Waals surface area contributed by atoms with Gasteiger partial charge in [-0.2, -0.15) is 0 Å². The Morgan fingerprint density at radius 3 is 2.57 bits per heavy atom. The smallest absolute Gasteiger partial charge is 0.223 e. The predicted octanol–water partition coefficient (Wildman–Crippen LogP) is 3.84. The van der Waals surface area contributed by atoms with Crippen molar-refractivity contribution in [1.29, 1.82) is 0 Å². The van der Waals surface area contributed by atoms with Crippen molar-refractivity contribution in [2.45, 2.75) is 38.3 Å². The van der Waals surface area contributed by atoms with Crippen LogP contribution in [0.2, 0.25) is 0 Å². The summed E-state index contributed by atoms with van der Waals surface area (Å²) >= 11 is 0. The highest BCUT2D eigenvalue weighted by Crippen LogP contribution is 2.22. The largest absolute Gasteiger partial charge is 0.497 e. The van der Waals surface area contributed by atoms with Crippen LogP contribution in [0.4, 0.5) is 0 Å². The molecule has 0 aliphatic carbocycles. The van der Waals surface area contributed by atoms with Crippen LogP contribution in [0.1, 0.15) is 30.4 Å². The fraction of sp³-hybridized carbons (Fsp3) is 0.435. The molecule has 0 spiro atoms. The molecule has 3 rings (SSSR count). The van der Waals surface area contributed by atoms with E-state index in [9.17, 15) is 4.79 Å². The summed E-state index contributed by atoms with van der Waals surface area (Å²) in [7, 11) is 3.31. The first-order valence-corrected chi connectivity index (χ1v) is 9.84. The van der Waals surface area contributed by atoms with Crippen molar-refractivity contribution in [2.24, 2.45) is 0 Å².